The summed E-state index contributed by atoms with van der Waals surface area (Å²) in [5.74, 6) is -0.132. The summed E-state index contributed by atoms with van der Waals surface area (Å²) in [6.07, 6.45) is 0.568. The van der Waals surface area contributed by atoms with Gasteiger partial charge in [0.1, 0.15) is 0 Å². The van der Waals surface area contributed by atoms with Gasteiger partial charge in [-0.2, -0.15) is 4.31 Å². The van der Waals surface area contributed by atoms with Crippen LogP contribution in [0.3, 0.4) is 0 Å². The molecule has 3 rings (SSSR count). The van der Waals surface area contributed by atoms with Crippen LogP contribution in [0.1, 0.15) is 27.9 Å². The molecule has 0 unspecified atom stereocenters. The maximum absolute atomic E-state index is 12.4. The highest BCUT2D eigenvalue weighted by molar-refractivity contribution is 7.89. The van der Waals surface area contributed by atoms with Crippen molar-refractivity contribution >= 4 is 38.1 Å². The van der Waals surface area contributed by atoms with Crippen LogP contribution in [0, 0.1) is 0 Å². The van der Waals surface area contributed by atoms with E-state index in [-0.39, 0.29) is 11.7 Å². The Bertz CT molecular complexity index is 905. The molecule has 0 aliphatic carbocycles. The Kier molecular flexibility index (Phi) is 5.31. The number of nitrogens with zero attached hydrogens (tertiary/aromatic N) is 3. The number of carbonyl (C=O) groups excluding carboxylic acids is 1. The molecule has 0 radical (unpaired) electrons. The lowest BCUT2D eigenvalue weighted by Crippen LogP contribution is -2.36. The van der Waals surface area contributed by atoms with Crippen LogP contribution in [-0.4, -0.2) is 50.0 Å². The molecular weight excluding hydrogens is 372 g/mol. The van der Waals surface area contributed by atoms with Gasteiger partial charge in [0.15, 0.2) is 5.13 Å². The quantitative estimate of drug-likeness (QED) is 0.840. The summed E-state index contributed by atoms with van der Waals surface area (Å²) in [6.45, 7) is 2.41. The number of fused-ring (bicyclic) bond motifs is 1. The number of aromatic nitrogens is 1. The van der Waals surface area contributed by atoms with E-state index in [0.29, 0.717) is 30.2 Å². The van der Waals surface area contributed by atoms with Gasteiger partial charge < -0.3 is 4.90 Å². The second-order valence-corrected chi connectivity index (χ2v) is 9.61. The van der Waals surface area contributed by atoms with Gasteiger partial charge in [-0.1, -0.05) is 0 Å². The van der Waals surface area contributed by atoms with Crippen molar-refractivity contribution in [1.82, 2.24) is 9.29 Å². The van der Waals surface area contributed by atoms with Crippen molar-refractivity contribution in [2.24, 2.45) is 0 Å². The van der Waals surface area contributed by atoms with Crippen molar-refractivity contribution < 1.29 is 13.2 Å². The Hall–Kier alpha value is -1.97. The van der Waals surface area contributed by atoms with E-state index in [0.717, 1.165) is 16.3 Å². The Morgan fingerprint density at radius 1 is 1.31 bits per heavy atom. The van der Waals surface area contributed by atoms with Gasteiger partial charge in [0.05, 0.1) is 11.4 Å². The van der Waals surface area contributed by atoms with Gasteiger partial charge in [0.2, 0.25) is 10.0 Å². The molecule has 0 atom stereocenters. The minimum absolute atomic E-state index is 0.0909. The lowest BCUT2D eigenvalue weighted by atomic mass is 10.2. The molecule has 0 fully saturated rings. The average molecular weight is 395 g/mol. The predicted octanol–water partition coefficient (Wildman–Crippen LogP) is 2.17. The molecule has 9 heteroatoms. The SMILES string of the molecule is CCS(=O)(=O)N1CCc2nc(NC(=O)c3ccc(N(C)C)cc3)sc2C1. The normalized spacial score (nSPS) is 14.7. The number of sulfonamides is 1. The summed E-state index contributed by atoms with van der Waals surface area (Å²) >= 11 is 1.34. The van der Waals surface area contributed by atoms with E-state index >= 15 is 0 Å². The van der Waals surface area contributed by atoms with E-state index in [1.54, 1.807) is 19.1 Å². The third kappa shape index (κ3) is 3.89. The van der Waals surface area contributed by atoms with Crippen molar-refractivity contribution in [2.75, 3.05) is 36.6 Å². The zero-order valence-electron chi connectivity index (χ0n) is 15.0. The number of amides is 1. The summed E-state index contributed by atoms with van der Waals surface area (Å²) in [5.41, 5.74) is 2.44. The Labute approximate surface area is 157 Å². The van der Waals surface area contributed by atoms with Crippen LogP contribution in [0.4, 0.5) is 10.8 Å². The summed E-state index contributed by atoms with van der Waals surface area (Å²) in [6, 6.07) is 7.31. The maximum Gasteiger partial charge on any atom is 0.257 e. The van der Waals surface area contributed by atoms with Gasteiger partial charge in [0.25, 0.3) is 5.91 Å². The van der Waals surface area contributed by atoms with Gasteiger partial charge in [-0.3, -0.25) is 10.1 Å². The van der Waals surface area contributed by atoms with Gasteiger partial charge >= 0.3 is 0 Å². The van der Waals surface area contributed by atoms with Crippen LogP contribution in [-0.2, 0) is 23.0 Å². The standard InChI is InChI=1S/C17H22N4O3S2/c1-4-26(23,24)21-10-9-14-15(11-21)25-17(18-14)19-16(22)12-5-7-13(8-6-12)20(2)3/h5-8H,4,9-11H2,1-3H3,(H,18,19,22). The minimum Gasteiger partial charge on any atom is -0.378 e. The van der Waals surface area contributed by atoms with Crippen molar-refractivity contribution in [3.8, 4) is 0 Å². The Morgan fingerprint density at radius 3 is 2.62 bits per heavy atom. The van der Waals surface area contributed by atoms with E-state index in [1.807, 2.05) is 31.1 Å². The highest BCUT2D eigenvalue weighted by atomic mass is 32.2. The van der Waals surface area contributed by atoms with Crippen LogP contribution in [0.2, 0.25) is 0 Å². The molecule has 7 nitrogen and oxygen atoms in total. The van der Waals surface area contributed by atoms with E-state index in [1.165, 1.54) is 15.6 Å². The minimum atomic E-state index is -3.21. The molecule has 2 heterocycles. The molecular formula is C17H22N4O3S2. The third-order valence-electron chi connectivity index (χ3n) is 4.32. The fourth-order valence-electron chi connectivity index (χ4n) is 2.73. The number of carbonyl (C=O) groups is 1. The van der Waals surface area contributed by atoms with E-state index < -0.39 is 10.0 Å². The van der Waals surface area contributed by atoms with Gasteiger partial charge in [-0.25, -0.2) is 13.4 Å². The molecule has 1 aromatic carbocycles. The van der Waals surface area contributed by atoms with Crippen LogP contribution >= 0.6 is 11.3 Å². The first-order valence-electron chi connectivity index (χ1n) is 8.35. The Balaban J connectivity index is 1.71. The molecule has 26 heavy (non-hydrogen) atoms. The summed E-state index contributed by atoms with van der Waals surface area (Å²) in [4.78, 5) is 19.7. The summed E-state index contributed by atoms with van der Waals surface area (Å²) < 4.78 is 25.6. The van der Waals surface area contributed by atoms with Gasteiger partial charge in [0, 0.05) is 49.7 Å². The van der Waals surface area contributed by atoms with E-state index in [9.17, 15) is 13.2 Å². The molecule has 1 aliphatic rings. The molecule has 1 aliphatic heterocycles. The molecule has 0 saturated carbocycles. The van der Waals surface area contributed by atoms with Crippen LogP contribution in [0.5, 0.6) is 0 Å². The largest absolute Gasteiger partial charge is 0.378 e. The lowest BCUT2D eigenvalue weighted by molar-refractivity contribution is 0.102. The van der Waals surface area contributed by atoms with Gasteiger partial charge in [-0.05, 0) is 31.2 Å². The zero-order valence-corrected chi connectivity index (χ0v) is 16.7. The molecule has 0 saturated heterocycles. The number of anilines is 2. The number of hydrogen-bond acceptors (Lipinski definition) is 6. The third-order valence-corrected chi connectivity index (χ3v) is 7.15. The zero-order chi connectivity index (χ0) is 18.9. The molecule has 1 amide bonds. The number of rotatable bonds is 5. The highest BCUT2D eigenvalue weighted by Crippen LogP contribution is 2.30. The van der Waals surface area contributed by atoms with Crippen molar-refractivity contribution in [3.05, 3.63) is 40.4 Å². The Morgan fingerprint density at radius 2 is 2.00 bits per heavy atom. The predicted molar refractivity (Wildman–Crippen MR) is 104 cm³/mol. The smallest absolute Gasteiger partial charge is 0.257 e. The number of hydrogen-bond donors (Lipinski definition) is 1. The first kappa shape index (κ1) is 18.8. The van der Waals surface area contributed by atoms with E-state index in [4.69, 9.17) is 0 Å². The van der Waals surface area contributed by atoms with Crippen molar-refractivity contribution in [1.29, 1.82) is 0 Å². The average Bonchev–Trinajstić information content (AvgIpc) is 3.03. The molecule has 1 aromatic heterocycles. The second-order valence-electron chi connectivity index (χ2n) is 6.27. The summed E-state index contributed by atoms with van der Waals surface area (Å²) in [5, 5.41) is 3.33. The monoisotopic (exact) mass is 394 g/mol. The van der Waals surface area contributed by atoms with Crippen LogP contribution < -0.4 is 10.2 Å². The number of benzene rings is 1. The van der Waals surface area contributed by atoms with Crippen LogP contribution in [0.15, 0.2) is 24.3 Å². The fraction of sp³-hybridized carbons (Fsp3) is 0.412. The highest BCUT2D eigenvalue weighted by Gasteiger charge is 2.28. The number of nitrogens with one attached hydrogen (secondary N) is 1. The first-order chi connectivity index (χ1) is 12.3. The second kappa shape index (κ2) is 7.34. The molecule has 1 N–H and O–H groups in total. The summed E-state index contributed by atoms with van der Waals surface area (Å²) in [7, 11) is 0.672. The molecule has 0 spiro atoms. The molecule has 140 valence electrons. The first-order valence-corrected chi connectivity index (χ1v) is 10.8. The lowest BCUT2D eigenvalue weighted by Gasteiger charge is -2.24. The van der Waals surface area contributed by atoms with E-state index in [2.05, 4.69) is 10.3 Å². The maximum atomic E-state index is 12.4. The molecule has 2 aromatic rings. The number of thiazole rings is 1. The molecule has 0 bridgehead atoms. The van der Waals surface area contributed by atoms with Crippen molar-refractivity contribution in [2.45, 2.75) is 19.9 Å². The van der Waals surface area contributed by atoms with Gasteiger partial charge in [-0.15, -0.1) is 11.3 Å². The fourth-order valence-corrected chi connectivity index (χ4v) is 4.89. The van der Waals surface area contributed by atoms with Crippen molar-refractivity contribution in [3.63, 3.8) is 0 Å². The van der Waals surface area contributed by atoms with Crippen LogP contribution in [0.25, 0.3) is 0 Å². The topological polar surface area (TPSA) is 82.6 Å².